The van der Waals surface area contributed by atoms with Crippen molar-refractivity contribution in [2.45, 2.75) is 96.1 Å². The first-order chi connectivity index (χ1) is 14.9. The van der Waals surface area contributed by atoms with Gasteiger partial charge >= 0.3 is 5.97 Å². The molecule has 5 heteroatoms. The summed E-state index contributed by atoms with van der Waals surface area (Å²) in [6, 6.07) is 10.1. The lowest BCUT2D eigenvalue weighted by molar-refractivity contribution is -0.147. The minimum absolute atomic E-state index is 0.00652. The molecule has 5 nitrogen and oxygen atoms in total. The maximum Gasteiger partial charge on any atom is 0.306 e. The normalized spacial score (nSPS) is 24.7. The second kappa shape index (κ2) is 13.7. The molecule has 0 spiro atoms. The summed E-state index contributed by atoms with van der Waals surface area (Å²) in [6.07, 6.45) is 8.58. The lowest BCUT2D eigenvalue weighted by atomic mass is 9.85. The van der Waals surface area contributed by atoms with Crippen LogP contribution in [0.5, 0.6) is 0 Å². The number of aliphatic hydroxyl groups is 3. The number of rotatable bonds is 13. The van der Waals surface area contributed by atoms with Gasteiger partial charge in [0.15, 0.2) is 0 Å². The number of hydrogen-bond acceptors (Lipinski definition) is 5. The van der Waals surface area contributed by atoms with Gasteiger partial charge in [-0.05, 0) is 82.6 Å². The maximum atomic E-state index is 11.5. The Morgan fingerprint density at radius 2 is 1.81 bits per heavy atom. The molecule has 0 amide bonds. The quantitative estimate of drug-likeness (QED) is 0.247. The van der Waals surface area contributed by atoms with Crippen molar-refractivity contribution in [2.75, 3.05) is 0 Å². The van der Waals surface area contributed by atoms with Crippen molar-refractivity contribution >= 4 is 5.97 Å². The molecular formula is C26H40O5. The number of ether oxygens (including phenoxy) is 1. The fourth-order valence-electron chi connectivity index (χ4n) is 4.47. The van der Waals surface area contributed by atoms with E-state index in [0.717, 1.165) is 19.3 Å². The number of esters is 1. The number of aliphatic hydroxyl groups excluding tert-OH is 3. The molecule has 174 valence electrons. The zero-order valence-corrected chi connectivity index (χ0v) is 19.0. The Morgan fingerprint density at radius 3 is 2.52 bits per heavy atom. The van der Waals surface area contributed by atoms with Gasteiger partial charge in [0, 0.05) is 6.42 Å². The van der Waals surface area contributed by atoms with Crippen LogP contribution in [0.15, 0.2) is 42.5 Å². The highest BCUT2D eigenvalue weighted by Crippen LogP contribution is 2.38. The Bertz CT molecular complexity index is 657. The van der Waals surface area contributed by atoms with E-state index in [1.54, 1.807) is 0 Å². The summed E-state index contributed by atoms with van der Waals surface area (Å²) in [7, 11) is 0. The van der Waals surface area contributed by atoms with Gasteiger partial charge in [-0.3, -0.25) is 4.79 Å². The molecule has 1 saturated carbocycles. The van der Waals surface area contributed by atoms with Crippen LogP contribution in [-0.4, -0.2) is 45.7 Å². The Morgan fingerprint density at radius 1 is 1.10 bits per heavy atom. The number of allylic oxidation sites excluding steroid dienone is 2. The van der Waals surface area contributed by atoms with Crippen LogP contribution < -0.4 is 0 Å². The second-order valence-corrected chi connectivity index (χ2v) is 9.09. The van der Waals surface area contributed by atoms with Gasteiger partial charge in [0.1, 0.15) is 0 Å². The lowest BCUT2D eigenvalue weighted by Crippen LogP contribution is -2.23. The monoisotopic (exact) mass is 432 g/mol. The van der Waals surface area contributed by atoms with Crippen LogP contribution in [0, 0.1) is 11.8 Å². The van der Waals surface area contributed by atoms with E-state index in [1.165, 1.54) is 5.56 Å². The first-order valence-corrected chi connectivity index (χ1v) is 11.8. The zero-order chi connectivity index (χ0) is 22.6. The molecule has 1 aliphatic rings. The Hall–Kier alpha value is -1.69. The first kappa shape index (κ1) is 25.6. The number of carbonyl (C=O) groups excluding carboxylic acids is 1. The number of carbonyl (C=O) groups is 1. The van der Waals surface area contributed by atoms with Crippen molar-refractivity contribution in [3.05, 3.63) is 48.0 Å². The molecule has 0 saturated heterocycles. The van der Waals surface area contributed by atoms with E-state index >= 15 is 0 Å². The van der Waals surface area contributed by atoms with Crippen LogP contribution in [0.2, 0.25) is 0 Å². The van der Waals surface area contributed by atoms with Crippen molar-refractivity contribution in [3.63, 3.8) is 0 Å². The number of unbranched alkanes of at least 4 members (excludes halogenated alkanes) is 1. The fraction of sp³-hybridized carbons (Fsp3) is 0.654. The Labute approximate surface area is 187 Å². The van der Waals surface area contributed by atoms with Crippen LogP contribution in [0.1, 0.15) is 70.8 Å². The summed E-state index contributed by atoms with van der Waals surface area (Å²) in [5.74, 6) is -0.144. The van der Waals surface area contributed by atoms with E-state index in [4.69, 9.17) is 4.74 Å². The van der Waals surface area contributed by atoms with Crippen molar-refractivity contribution < 1.29 is 24.9 Å². The highest BCUT2D eigenvalue weighted by molar-refractivity contribution is 5.69. The number of aryl methyl sites for hydroxylation is 1. The molecule has 3 N–H and O–H groups in total. The summed E-state index contributed by atoms with van der Waals surface area (Å²) < 4.78 is 5.12. The van der Waals surface area contributed by atoms with E-state index < -0.39 is 18.3 Å². The average Bonchev–Trinajstić information content (AvgIpc) is 3.00. The summed E-state index contributed by atoms with van der Waals surface area (Å²) >= 11 is 0. The second-order valence-electron chi connectivity index (χ2n) is 9.09. The van der Waals surface area contributed by atoms with Gasteiger partial charge in [-0.25, -0.2) is 0 Å². The molecule has 0 aromatic heterocycles. The molecule has 1 aromatic rings. The van der Waals surface area contributed by atoms with Gasteiger partial charge in [0.05, 0.1) is 24.4 Å². The first-order valence-electron chi connectivity index (χ1n) is 11.8. The van der Waals surface area contributed by atoms with Gasteiger partial charge in [-0.15, -0.1) is 0 Å². The van der Waals surface area contributed by atoms with Gasteiger partial charge in [0.25, 0.3) is 0 Å². The molecule has 0 bridgehead atoms. The molecule has 31 heavy (non-hydrogen) atoms. The van der Waals surface area contributed by atoms with Crippen LogP contribution in [0.25, 0.3) is 0 Å². The highest BCUT2D eigenvalue weighted by atomic mass is 16.5. The van der Waals surface area contributed by atoms with Crippen molar-refractivity contribution in [3.8, 4) is 0 Å². The largest absolute Gasteiger partial charge is 0.463 e. The average molecular weight is 433 g/mol. The van der Waals surface area contributed by atoms with Crippen LogP contribution >= 0.6 is 0 Å². The minimum atomic E-state index is -0.513. The third-order valence-electron chi connectivity index (χ3n) is 6.16. The van der Waals surface area contributed by atoms with Gasteiger partial charge < -0.3 is 20.1 Å². The van der Waals surface area contributed by atoms with E-state index in [9.17, 15) is 20.1 Å². The molecule has 1 aliphatic carbocycles. The predicted octanol–water partition coefficient (Wildman–Crippen LogP) is 4.19. The third-order valence-corrected chi connectivity index (χ3v) is 6.16. The zero-order valence-electron chi connectivity index (χ0n) is 19.0. The summed E-state index contributed by atoms with van der Waals surface area (Å²) in [4.78, 5) is 11.5. The van der Waals surface area contributed by atoms with E-state index in [-0.39, 0.29) is 23.9 Å². The van der Waals surface area contributed by atoms with Crippen molar-refractivity contribution in [1.29, 1.82) is 0 Å². The molecule has 0 aliphatic heterocycles. The molecule has 5 atom stereocenters. The number of benzene rings is 1. The Kier molecular flexibility index (Phi) is 11.3. The fourth-order valence-corrected chi connectivity index (χ4v) is 4.47. The molecule has 1 aromatic carbocycles. The van der Waals surface area contributed by atoms with Gasteiger partial charge in [-0.2, -0.15) is 0 Å². The van der Waals surface area contributed by atoms with Crippen LogP contribution in [-0.2, 0) is 16.0 Å². The maximum absolute atomic E-state index is 11.5. The standard InChI is InChI=1S/C26H40O5/c1-19(2)31-26(30)13-9-4-3-8-12-22-23(25(29)18-24(22)28)17-16-21(27)15-14-20-10-6-5-7-11-20/h3,5-8,10-11,19,21-25,27-29H,4,9,12-18H2,1-2H3/b8-3+. The predicted molar refractivity (Wildman–Crippen MR) is 122 cm³/mol. The molecule has 1 fully saturated rings. The van der Waals surface area contributed by atoms with Gasteiger partial charge in [-0.1, -0.05) is 42.5 Å². The molecular weight excluding hydrogens is 392 g/mol. The van der Waals surface area contributed by atoms with E-state index in [2.05, 4.69) is 18.2 Å². The highest BCUT2D eigenvalue weighted by Gasteiger charge is 2.40. The smallest absolute Gasteiger partial charge is 0.306 e. The van der Waals surface area contributed by atoms with Crippen molar-refractivity contribution in [1.82, 2.24) is 0 Å². The Balaban J connectivity index is 1.70. The molecule has 2 rings (SSSR count). The molecule has 0 radical (unpaired) electrons. The van der Waals surface area contributed by atoms with Crippen LogP contribution in [0.3, 0.4) is 0 Å². The van der Waals surface area contributed by atoms with E-state index in [0.29, 0.717) is 38.5 Å². The topological polar surface area (TPSA) is 87.0 Å². The molecule has 0 heterocycles. The van der Waals surface area contributed by atoms with Crippen LogP contribution in [0.4, 0.5) is 0 Å². The SMILES string of the molecule is CC(C)OC(=O)CCC/C=C/CC1C(O)CC(O)C1CCC(O)CCc1ccccc1. The van der Waals surface area contributed by atoms with E-state index in [1.807, 2.05) is 38.1 Å². The minimum Gasteiger partial charge on any atom is -0.463 e. The lowest BCUT2D eigenvalue weighted by Gasteiger charge is -2.23. The summed E-state index contributed by atoms with van der Waals surface area (Å²) in [5.41, 5.74) is 1.22. The summed E-state index contributed by atoms with van der Waals surface area (Å²) in [6.45, 7) is 3.69. The third kappa shape index (κ3) is 9.55. The molecule has 5 unspecified atom stereocenters. The van der Waals surface area contributed by atoms with Gasteiger partial charge in [0.2, 0.25) is 0 Å². The number of hydrogen-bond donors (Lipinski definition) is 3. The summed E-state index contributed by atoms with van der Waals surface area (Å²) in [5, 5.41) is 31.2. The van der Waals surface area contributed by atoms with Crippen molar-refractivity contribution in [2.24, 2.45) is 11.8 Å².